The lowest BCUT2D eigenvalue weighted by molar-refractivity contribution is 0.425. The Balaban J connectivity index is 1.93. The highest BCUT2D eigenvalue weighted by molar-refractivity contribution is 7.98. The van der Waals surface area contributed by atoms with Gasteiger partial charge in [-0.1, -0.05) is 60.7 Å². The number of thioether (sulfide) groups is 1. The fourth-order valence-corrected chi connectivity index (χ4v) is 3.74. The first-order valence-corrected chi connectivity index (χ1v) is 9.76. The number of hydrogen-bond donors (Lipinski definition) is 2. The van der Waals surface area contributed by atoms with E-state index in [9.17, 15) is 10.0 Å². The van der Waals surface area contributed by atoms with Crippen LogP contribution in [0.2, 0.25) is 0 Å². The van der Waals surface area contributed by atoms with E-state index in [0.717, 1.165) is 32.6 Å². The van der Waals surface area contributed by atoms with E-state index in [4.69, 9.17) is 9.97 Å². The van der Waals surface area contributed by atoms with Crippen molar-refractivity contribution in [1.29, 1.82) is 0 Å². The van der Waals surface area contributed by atoms with Gasteiger partial charge in [-0.2, -0.15) is 0 Å². The molecule has 4 aromatic rings. The third-order valence-corrected chi connectivity index (χ3v) is 5.21. The van der Waals surface area contributed by atoms with E-state index in [0.29, 0.717) is 11.3 Å². The molecule has 0 bridgehead atoms. The summed E-state index contributed by atoms with van der Waals surface area (Å²) >= 11 is 1.46. The van der Waals surface area contributed by atoms with Crippen molar-refractivity contribution >= 4 is 35.2 Å². The Morgan fingerprint density at radius 3 is 2.30 bits per heavy atom. The van der Waals surface area contributed by atoms with Gasteiger partial charge < -0.3 is 10.0 Å². The van der Waals surface area contributed by atoms with Gasteiger partial charge in [0.15, 0.2) is 5.82 Å². The van der Waals surface area contributed by atoms with E-state index in [2.05, 4.69) is 0 Å². The molecule has 0 aliphatic heterocycles. The van der Waals surface area contributed by atoms with Crippen molar-refractivity contribution in [3.05, 3.63) is 72.8 Å². The van der Waals surface area contributed by atoms with E-state index in [1.807, 2.05) is 73.0 Å². The van der Waals surface area contributed by atoms with Crippen LogP contribution in [-0.4, -0.2) is 33.4 Å². The monoisotopic (exact) mass is 372 g/mol. The maximum atomic E-state index is 9.54. The van der Waals surface area contributed by atoms with Crippen LogP contribution in [0, 0.1) is 0 Å². The molecule has 0 atom stereocenters. The van der Waals surface area contributed by atoms with E-state index < -0.39 is 7.12 Å². The minimum Gasteiger partial charge on any atom is -0.423 e. The first kappa shape index (κ1) is 17.7. The molecule has 0 saturated carbocycles. The van der Waals surface area contributed by atoms with Gasteiger partial charge in [-0.25, -0.2) is 9.97 Å². The molecule has 0 aliphatic rings. The summed E-state index contributed by atoms with van der Waals surface area (Å²) in [5.74, 6) is 0.613. The van der Waals surface area contributed by atoms with Crippen LogP contribution in [0.1, 0.15) is 0 Å². The third kappa shape index (κ3) is 3.47. The van der Waals surface area contributed by atoms with Crippen molar-refractivity contribution in [3.63, 3.8) is 0 Å². The van der Waals surface area contributed by atoms with E-state index >= 15 is 0 Å². The zero-order valence-electron chi connectivity index (χ0n) is 14.7. The lowest BCUT2D eigenvalue weighted by Crippen LogP contribution is -2.31. The number of fused-ring (bicyclic) bond motifs is 1. The molecule has 4 nitrogen and oxygen atoms in total. The van der Waals surface area contributed by atoms with Crippen LogP contribution < -0.4 is 5.46 Å². The van der Waals surface area contributed by atoms with Gasteiger partial charge >= 0.3 is 7.12 Å². The molecule has 6 heteroatoms. The molecule has 1 heterocycles. The van der Waals surface area contributed by atoms with Gasteiger partial charge in [0.2, 0.25) is 0 Å². The van der Waals surface area contributed by atoms with Gasteiger partial charge in [0, 0.05) is 21.4 Å². The molecule has 0 aliphatic carbocycles. The fraction of sp³-hybridized carbons (Fsp3) is 0.0476. The van der Waals surface area contributed by atoms with Crippen LogP contribution in [0.4, 0.5) is 0 Å². The highest BCUT2D eigenvalue weighted by atomic mass is 32.2. The highest BCUT2D eigenvalue weighted by Gasteiger charge is 2.18. The number of hydrogen-bond acceptors (Lipinski definition) is 5. The molecule has 27 heavy (non-hydrogen) atoms. The Morgan fingerprint density at radius 2 is 1.56 bits per heavy atom. The zero-order valence-corrected chi connectivity index (χ0v) is 15.5. The Morgan fingerprint density at radius 1 is 0.815 bits per heavy atom. The molecule has 0 unspecified atom stereocenters. The van der Waals surface area contributed by atoms with Gasteiger partial charge in [0.25, 0.3) is 0 Å². The molecule has 4 rings (SSSR count). The lowest BCUT2D eigenvalue weighted by atomic mass is 9.80. The van der Waals surface area contributed by atoms with E-state index in [1.165, 1.54) is 11.8 Å². The Hall–Kier alpha value is -2.67. The average molecular weight is 372 g/mol. The summed E-state index contributed by atoms with van der Waals surface area (Å²) in [5, 5.41) is 20.1. The second-order valence-corrected chi connectivity index (χ2v) is 6.96. The third-order valence-electron chi connectivity index (χ3n) is 4.42. The number of aromatic nitrogens is 2. The standard InChI is InChI=1S/C21H17BN2O2S/c1-27-19-13-15(11-12-17(19)22(25)26)21-23-18-10-6-5-9-16(18)20(24-21)14-7-3-2-4-8-14/h2-13,25-26H,1H3. The Bertz CT molecular complexity index is 1100. The van der Waals surface area contributed by atoms with Crippen molar-refractivity contribution in [2.45, 2.75) is 4.90 Å². The summed E-state index contributed by atoms with van der Waals surface area (Å²) in [7, 11) is -1.50. The highest BCUT2D eigenvalue weighted by Crippen LogP contribution is 2.29. The number of benzene rings is 3. The Labute approximate surface area is 162 Å². The molecule has 0 radical (unpaired) electrons. The van der Waals surface area contributed by atoms with Crippen molar-refractivity contribution < 1.29 is 10.0 Å². The van der Waals surface area contributed by atoms with Crippen LogP contribution >= 0.6 is 11.8 Å². The molecule has 3 aromatic carbocycles. The summed E-state index contributed by atoms with van der Waals surface area (Å²) in [5.41, 5.74) is 4.11. The van der Waals surface area contributed by atoms with E-state index in [1.54, 1.807) is 6.07 Å². The van der Waals surface area contributed by atoms with Gasteiger partial charge in [-0.3, -0.25) is 0 Å². The normalized spacial score (nSPS) is 10.9. The number of nitrogens with zero attached hydrogens (tertiary/aromatic N) is 2. The van der Waals surface area contributed by atoms with Crippen LogP contribution in [0.5, 0.6) is 0 Å². The zero-order chi connectivity index (χ0) is 18.8. The molecule has 2 N–H and O–H groups in total. The topological polar surface area (TPSA) is 66.2 Å². The molecular weight excluding hydrogens is 355 g/mol. The molecule has 0 spiro atoms. The van der Waals surface area contributed by atoms with Gasteiger partial charge in [-0.05, 0) is 23.9 Å². The van der Waals surface area contributed by atoms with Crippen LogP contribution in [0.15, 0.2) is 77.7 Å². The maximum absolute atomic E-state index is 9.54. The number of rotatable bonds is 4. The summed E-state index contributed by atoms with van der Waals surface area (Å²) < 4.78 is 0. The second kappa shape index (κ2) is 7.52. The van der Waals surface area contributed by atoms with Gasteiger partial charge in [-0.15, -0.1) is 11.8 Å². The molecule has 0 amide bonds. The average Bonchev–Trinajstić information content (AvgIpc) is 2.73. The minimum absolute atomic E-state index is 0.482. The predicted octanol–water partition coefficient (Wildman–Crippen LogP) is 3.37. The summed E-state index contributed by atoms with van der Waals surface area (Å²) in [6.45, 7) is 0. The molecule has 0 fully saturated rings. The van der Waals surface area contributed by atoms with Crippen molar-refractivity contribution in [2.75, 3.05) is 6.26 Å². The van der Waals surface area contributed by atoms with Crippen molar-refractivity contribution in [2.24, 2.45) is 0 Å². The quantitative estimate of drug-likeness (QED) is 0.425. The van der Waals surface area contributed by atoms with Gasteiger partial charge in [0.1, 0.15) is 0 Å². The maximum Gasteiger partial charge on any atom is 0.489 e. The molecule has 0 saturated heterocycles. The second-order valence-electron chi connectivity index (χ2n) is 6.11. The summed E-state index contributed by atoms with van der Waals surface area (Å²) in [6, 6.07) is 23.5. The smallest absolute Gasteiger partial charge is 0.423 e. The molecular formula is C21H17BN2O2S. The minimum atomic E-state index is -1.50. The van der Waals surface area contributed by atoms with Gasteiger partial charge in [0.05, 0.1) is 11.2 Å². The van der Waals surface area contributed by atoms with Crippen LogP contribution in [-0.2, 0) is 0 Å². The summed E-state index contributed by atoms with van der Waals surface area (Å²) in [4.78, 5) is 10.4. The van der Waals surface area contributed by atoms with Crippen LogP contribution in [0.3, 0.4) is 0 Å². The first-order chi connectivity index (χ1) is 13.2. The summed E-state index contributed by atoms with van der Waals surface area (Å²) in [6.07, 6.45) is 1.90. The predicted molar refractivity (Wildman–Crippen MR) is 112 cm³/mol. The van der Waals surface area contributed by atoms with Crippen molar-refractivity contribution in [3.8, 4) is 22.6 Å². The first-order valence-electron chi connectivity index (χ1n) is 8.54. The van der Waals surface area contributed by atoms with Crippen LogP contribution in [0.25, 0.3) is 33.5 Å². The SMILES string of the molecule is CSc1cc(-c2nc(-c3ccccc3)c3ccccc3n2)ccc1B(O)O. The Kier molecular flexibility index (Phi) is 4.94. The molecule has 132 valence electrons. The van der Waals surface area contributed by atoms with Crippen molar-refractivity contribution in [1.82, 2.24) is 9.97 Å². The largest absolute Gasteiger partial charge is 0.489 e. The molecule has 1 aromatic heterocycles. The number of para-hydroxylation sites is 1. The lowest BCUT2D eigenvalue weighted by Gasteiger charge is -2.11. The fourth-order valence-electron chi connectivity index (χ4n) is 3.09. The van der Waals surface area contributed by atoms with E-state index in [-0.39, 0.29) is 0 Å².